The van der Waals surface area contributed by atoms with Gasteiger partial charge in [0.25, 0.3) is 0 Å². The van der Waals surface area contributed by atoms with Gasteiger partial charge in [-0.25, -0.2) is 8.78 Å². The van der Waals surface area contributed by atoms with Gasteiger partial charge in [-0.15, -0.1) is 6.58 Å². The highest BCUT2D eigenvalue weighted by Gasteiger charge is 2.31. The van der Waals surface area contributed by atoms with Crippen LogP contribution in [0, 0.1) is 25.5 Å². The molecule has 2 N–H and O–H groups in total. The number of rotatable bonds is 11. The minimum Gasteiger partial charge on any atom is -0.493 e. The van der Waals surface area contributed by atoms with Crippen molar-refractivity contribution in [3.05, 3.63) is 64.7 Å². The standard InChI is InChI=1S/C27H33F2NO3/c1-5-7-8-11-33-23-12-16(3)26(28)17(4)25(23)19-13-20(18-9-10-18)27(29)21(14-19)22(30)15-24(31)32-6-2/h5,12-14,18,22H,1,6-11,15,30H2,2-4H3/t22-/m0/s1. The second-order valence-electron chi connectivity index (χ2n) is 8.64. The molecule has 1 atom stereocenters. The summed E-state index contributed by atoms with van der Waals surface area (Å²) in [6, 6.07) is 4.22. The third-order valence-corrected chi connectivity index (χ3v) is 5.98. The van der Waals surface area contributed by atoms with Crippen molar-refractivity contribution in [2.75, 3.05) is 13.2 Å². The minimum atomic E-state index is -0.867. The van der Waals surface area contributed by atoms with E-state index in [0.717, 1.165) is 25.7 Å². The average molecular weight is 458 g/mol. The number of halogens is 2. The zero-order chi connectivity index (χ0) is 24.1. The molecule has 0 aliphatic heterocycles. The van der Waals surface area contributed by atoms with Crippen molar-refractivity contribution >= 4 is 5.97 Å². The molecule has 0 aromatic heterocycles. The van der Waals surface area contributed by atoms with Crippen LogP contribution >= 0.6 is 0 Å². The fourth-order valence-electron chi connectivity index (χ4n) is 4.09. The van der Waals surface area contributed by atoms with Gasteiger partial charge < -0.3 is 15.2 Å². The molecule has 33 heavy (non-hydrogen) atoms. The van der Waals surface area contributed by atoms with Gasteiger partial charge in [0, 0.05) is 17.2 Å². The van der Waals surface area contributed by atoms with Crippen LogP contribution in [-0.4, -0.2) is 19.2 Å². The molecule has 4 nitrogen and oxygen atoms in total. The molecular formula is C27H33F2NO3. The van der Waals surface area contributed by atoms with E-state index in [1.807, 2.05) is 6.08 Å². The van der Waals surface area contributed by atoms with E-state index < -0.39 is 17.8 Å². The Labute approximate surface area is 194 Å². The first-order chi connectivity index (χ1) is 15.8. The van der Waals surface area contributed by atoms with E-state index in [4.69, 9.17) is 15.2 Å². The fourth-order valence-corrected chi connectivity index (χ4v) is 4.09. The normalized spacial score (nSPS) is 14.1. The predicted octanol–water partition coefficient (Wildman–Crippen LogP) is 6.42. The number of nitrogens with two attached hydrogens (primary N) is 1. The van der Waals surface area contributed by atoms with Gasteiger partial charge in [-0.2, -0.15) is 0 Å². The molecule has 0 saturated heterocycles. The molecule has 0 amide bonds. The summed E-state index contributed by atoms with van der Waals surface area (Å²) in [6.07, 6.45) is 5.06. The lowest BCUT2D eigenvalue weighted by atomic mass is 9.90. The summed E-state index contributed by atoms with van der Waals surface area (Å²) in [5.74, 6) is -0.541. The second kappa shape index (κ2) is 10.9. The Morgan fingerprint density at radius 2 is 1.97 bits per heavy atom. The highest BCUT2D eigenvalue weighted by molar-refractivity contribution is 5.77. The number of carbonyl (C=O) groups excluding carboxylic acids is 1. The van der Waals surface area contributed by atoms with Crippen molar-refractivity contribution in [1.82, 2.24) is 0 Å². The van der Waals surface area contributed by atoms with E-state index >= 15 is 4.39 Å². The van der Waals surface area contributed by atoms with Gasteiger partial charge in [-0.3, -0.25) is 4.79 Å². The van der Waals surface area contributed by atoms with E-state index in [9.17, 15) is 9.18 Å². The highest BCUT2D eigenvalue weighted by atomic mass is 19.1. The SMILES string of the molecule is C=CCCCOc1cc(C)c(F)c(C)c1-c1cc(C2CC2)c(F)c([C@@H](N)CC(=O)OCC)c1. The summed E-state index contributed by atoms with van der Waals surface area (Å²) in [6.45, 7) is 9.52. The molecule has 0 radical (unpaired) electrons. The van der Waals surface area contributed by atoms with Gasteiger partial charge in [0.1, 0.15) is 17.4 Å². The van der Waals surface area contributed by atoms with E-state index in [2.05, 4.69) is 6.58 Å². The first kappa shape index (κ1) is 24.9. The fraction of sp³-hybridized carbons (Fsp3) is 0.444. The molecule has 1 saturated carbocycles. The minimum absolute atomic E-state index is 0.103. The van der Waals surface area contributed by atoms with Crippen molar-refractivity contribution in [3.63, 3.8) is 0 Å². The number of carbonyl (C=O) groups is 1. The Bertz CT molecular complexity index is 1030. The summed E-state index contributed by atoms with van der Waals surface area (Å²) >= 11 is 0. The van der Waals surface area contributed by atoms with Crippen LogP contribution in [0.25, 0.3) is 11.1 Å². The van der Waals surface area contributed by atoms with Crippen LogP contribution < -0.4 is 10.5 Å². The van der Waals surface area contributed by atoms with Crippen LogP contribution in [0.4, 0.5) is 8.78 Å². The van der Waals surface area contributed by atoms with Gasteiger partial charge in [0.2, 0.25) is 0 Å². The largest absolute Gasteiger partial charge is 0.493 e. The molecule has 1 aliphatic rings. The van der Waals surface area contributed by atoms with Crippen molar-refractivity contribution in [2.24, 2.45) is 5.73 Å². The van der Waals surface area contributed by atoms with Crippen LogP contribution in [0.1, 0.15) is 73.2 Å². The van der Waals surface area contributed by atoms with Gasteiger partial charge in [-0.1, -0.05) is 6.08 Å². The lowest BCUT2D eigenvalue weighted by Gasteiger charge is -2.20. The summed E-state index contributed by atoms with van der Waals surface area (Å²) < 4.78 is 41.4. The Kier molecular flexibility index (Phi) is 8.25. The Hall–Kier alpha value is -2.73. The number of allylic oxidation sites excluding steroid dienone is 1. The van der Waals surface area contributed by atoms with Crippen molar-refractivity contribution in [3.8, 4) is 16.9 Å². The van der Waals surface area contributed by atoms with E-state index in [0.29, 0.717) is 40.2 Å². The summed E-state index contributed by atoms with van der Waals surface area (Å²) in [5, 5.41) is 0. The molecule has 2 aromatic carbocycles. The van der Waals surface area contributed by atoms with Crippen molar-refractivity contribution in [1.29, 1.82) is 0 Å². The van der Waals surface area contributed by atoms with Crippen LogP contribution in [-0.2, 0) is 9.53 Å². The second-order valence-corrected chi connectivity index (χ2v) is 8.64. The quantitative estimate of drug-likeness (QED) is 0.240. The Balaban J connectivity index is 2.09. The smallest absolute Gasteiger partial charge is 0.307 e. The van der Waals surface area contributed by atoms with Gasteiger partial charge in [0.15, 0.2) is 0 Å². The average Bonchev–Trinajstić information content (AvgIpc) is 3.61. The number of hydrogen-bond donors (Lipinski definition) is 1. The Morgan fingerprint density at radius 3 is 2.61 bits per heavy atom. The molecule has 0 heterocycles. The first-order valence-corrected chi connectivity index (χ1v) is 11.6. The zero-order valence-corrected chi connectivity index (χ0v) is 19.7. The van der Waals surface area contributed by atoms with Crippen LogP contribution in [0.15, 0.2) is 30.9 Å². The topological polar surface area (TPSA) is 61.5 Å². The number of unbranched alkanes of at least 4 members (excludes halogenated alkanes) is 1. The summed E-state index contributed by atoms with van der Waals surface area (Å²) in [4.78, 5) is 12.0. The van der Waals surface area contributed by atoms with E-state index in [-0.39, 0.29) is 30.3 Å². The maximum Gasteiger partial charge on any atom is 0.307 e. The maximum absolute atomic E-state index is 15.4. The van der Waals surface area contributed by atoms with Crippen molar-refractivity contribution in [2.45, 2.75) is 64.8 Å². The Morgan fingerprint density at radius 1 is 1.24 bits per heavy atom. The van der Waals surface area contributed by atoms with Crippen LogP contribution in [0.2, 0.25) is 0 Å². The zero-order valence-electron chi connectivity index (χ0n) is 19.7. The molecule has 1 aliphatic carbocycles. The molecule has 0 spiro atoms. The molecule has 3 rings (SSSR count). The molecule has 1 fully saturated rings. The number of benzene rings is 2. The van der Waals surface area contributed by atoms with Crippen molar-refractivity contribution < 1.29 is 23.0 Å². The molecular weight excluding hydrogens is 424 g/mol. The first-order valence-electron chi connectivity index (χ1n) is 11.6. The maximum atomic E-state index is 15.4. The van der Waals surface area contributed by atoms with Gasteiger partial charge >= 0.3 is 5.97 Å². The lowest BCUT2D eigenvalue weighted by Crippen LogP contribution is -2.19. The molecule has 2 aromatic rings. The molecule has 0 unspecified atom stereocenters. The monoisotopic (exact) mass is 457 g/mol. The third kappa shape index (κ3) is 5.80. The number of aryl methyl sites for hydroxylation is 1. The van der Waals surface area contributed by atoms with Crippen LogP contribution in [0.5, 0.6) is 5.75 Å². The van der Waals surface area contributed by atoms with Crippen LogP contribution in [0.3, 0.4) is 0 Å². The number of hydrogen-bond acceptors (Lipinski definition) is 4. The highest BCUT2D eigenvalue weighted by Crippen LogP contribution is 2.46. The summed E-state index contributed by atoms with van der Waals surface area (Å²) in [5.41, 5.74) is 9.19. The number of ether oxygens (including phenoxy) is 2. The number of esters is 1. The molecule has 178 valence electrons. The van der Waals surface area contributed by atoms with E-state index in [1.54, 1.807) is 39.0 Å². The van der Waals surface area contributed by atoms with Gasteiger partial charge in [-0.05, 0) is 92.8 Å². The van der Waals surface area contributed by atoms with E-state index in [1.165, 1.54) is 0 Å². The predicted molar refractivity (Wildman–Crippen MR) is 126 cm³/mol. The summed E-state index contributed by atoms with van der Waals surface area (Å²) in [7, 11) is 0. The van der Waals surface area contributed by atoms with Gasteiger partial charge in [0.05, 0.1) is 19.6 Å². The molecule has 0 bridgehead atoms. The third-order valence-electron chi connectivity index (χ3n) is 5.98. The lowest BCUT2D eigenvalue weighted by molar-refractivity contribution is -0.143. The molecule has 6 heteroatoms.